The highest BCUT2D eigenvalue weighted by atomic mass is 35.5. The van der Waals surface area contributed by atoms with Crippen molar-refractivity contribution in [1.29, 1.82) is 0 Å². The van der Waals surface area contributed by atoms with Crippen LogP contribution in [0.4, 0.5) is 5.82 Å². The van der Waals surface area contributed by atoms with E-state index >= 15 is 0 Å². The molecule has 0 aliphatic heterocycles. The molecule has 1 heterocycles. The molecule has 0 saturated carbocycles. The summed E-state index contributed by atoms with van der Waals surface area (Å²) in [7, 11) is 0. The second-order valence-corrected chi connectivity index (χ2v) is 3.98. The van der Waals surface area contributed by atoms with E-state index in [1.165, 1.54) is 0 Å². The summed E-state index contributed by atoms with van der Waals surface area (Å²) in [5, 5.41) is 1.01. The average Bonchev–Trinajstić information content (AvgIpc) is 2.15. The Bertz CT molecular complexity index is 497. The second-order valence-electron chi connectivity index (χ2n) is 3.11. The molecule has 82 valence electrons. The first-order chi connectivity index (χ1) is 7.63. The standard InChI is InChI=1S/C11H8Cl2N2O/c12-7-4-8(13)6-9(5-7)16-11-3-1-2-10(14)15-11/h1-6H,(H2,14,15). The lowest BCUT2D eigenvalue weighted by molar-refractivity contribution is 0.464. The summed E-state index contributed by atoms with van der Waals surface area (Å²) in [6.07, 6.45) is 0. The molecule has 0 unspecified atom stereocenters. The van der Waals surface area contributed by atoms with Crippen molar-refractivity contribution in [2.45, 2.75) is 0 Å². The number of rotatable bonds is 2. The number of nitrogens with two attached hydrogens (primary N) is 1. The molecule has 0 aliphatic carbocycles. The molecule has 0 atom stereocenters. The Morgan fingerprint density at radius 3 is 2.38 bits per heavy atom. The quantitative estimate of drug-likeness (QED) is 0.888. The van der Waals surface area contributed by atoms with Crippen LogP contribution in [0.15, 0.2) is 36.4 Å². The van der Waals surface area contributed by atoms with Crippen molar-refractivity contribution in [3.05, 3.63) is 46.4 Å². The van der Waals surface area contributed by atoms with Crippen LogP contribution in [0.5, 0.6) is 11.6 Å². The monoisotopic (exact) mass is 254 g/mol. The Balaban J connectivity index is 2.27. The highest BCUT2D eigenvalue weighted by Crippen LogP contribution is 2.27. The summed E-state index contributed by atoms with van der Waals surface area (Å²) in [4.78, 5) is 4.00. The third kappa shape index (κ3) is 2.78. The van der Waals surface area contributed by atoms with Gasteiger partial charge in [-0.25, -0.2) is 0 Å². The lowest BCUT2D eigenvalue weighted by Gasteiger charge is -2.05. The summed E-state index contributed by atoms with van der Waals surface area (Å²) < 4.78 is 5.46. The number of nitrogen functional groups attached to an aromatic ring is 1. The zero-order chi connectivity index (χ0) is 11.5. The number of nitrogens with zero attached hydrogens (tertiary/aromatic N) is 1. The summed E-state index contributed by atoms with van der Waals surface area (Å²) in [5.74, 6) is 1.32. The van der Waals surface area contributed by atoms with E-state index in [0.29, 0.717) is 27.5 Å². The molecule has 2 N–H and O–H groups in total. The van der Waals surface area contributed by atoms with Gasteiger partial charge in [-0.15, -0.1) is 0 Å². The summed E-state index contributed by atoms with van der Waals surface area (Å²) >= 11 is 11.7. The number of ether oxygens (including phenoxy) is 1. The van der Waals surface area contributed by atoms with Gasteiger partial charge in [0.1, 0.15) is 11.6 Å². The Morgan fingerprint density at radius 2 is 1.75 bits per heavy atom. The normalized spacial score (nSPS) is 10.1. The number of hydrogen-bond acceptors (Lipinski definition) is 3. The molecular weight excluding hydrogens is 247 g/mol. The Morgan fingerprint density at radius 1 is 1.06 bits per heavy atom. The molecule has 1 aromatic heterocycles. The molecule has 0 fully saturated rings. The molecule has 0 bridgehead atoms. The largest absolute Gasteiger partial charge is 0.439 e. The van der Waals surface area contributed by atoms with E-state index in [1.54, 1.807) is 36.4 Å². The minimum atomic E-state index is 0.394. The Kier molecular flexibility index (Phi) is 3.17. The van der Waals surface area contributed by atoms with Crippen LogP contribution in [0.2, 0.25) is 10.0 Å². The van der Waals surface area contributed by atoms with Gasteiger partial charge < -0.3 is 10.5 Å². The first kappa shape index (κ1) is 11.0. The van der Waals surface area contributed by atoms with Crippen LogP contribution in [-0.4, -0.2) is 4.98 Å². The number of anilines is 1. The van der Waals surface area contributed by atoms with Crippen molar-refractivity contribution in [2.24, 2.45) is 0 Å². The molecule has 0 amide bonds. The zero-order valence-electron chi connectivity index (χ0n) is 8.15. The number of aromatic nitrogens is 1. The summed E-state index contributed by atoms with van der Waals surface area (Å²) in [5.41, 5.74) is 5.53. The van der Waals surface area contributed by atoms with Crippen LogP contribution in [0.1, 0.15) is 0 Å². The van der Waals surface area contributed by atoms with Crippen LogP contribution < -0.4 is 10.5 Å². The van der Waals surface area contributed by atoms with Gasteiger partial charge >= 0.3 is 0 Å². The van der Waals surface area contributed by atoms with Crippen molar-refractivity contribution in [2.75, 3.05) is 5.73 Å². The minimum Gasteiger partial charge on any atom is -0.439 e. The van der Waals surface area contributed by atoms with Gasteiger partial charge in [-0.05, 0) is 24.3 Å². The smallest absolute Gasteiger partial charge is 0.221 e. The number of hydrogen-bond donors (Lipinski definition) is 1. The molecule has 1 aromatic carbocycles. The zero-order valence-corrected chi connectivity index (χ0v) is 9.66. The predicted octanol–water partition coefficient (Wildman–Crippen LogP) is 3.76. The number of pyridine rings is 1. The van der Waals surface area contributed by atoms with Crippen molar-refractivity contribution in [3.63, 3.8) is 0 Å². The fraction of sp³-hybridized carbons (Fsp3) is 0. The van der Waals surface area contributed by atoms with Gasteiger partial charge in [-0.3, -0.25) is 0 Å². The molecule has 0 saturated heterocycles. The van der Waals surface area contributed by atoms with Crippen LogP contribution >= 0.6 is 23.2 Å². The SMILES string of the molecule is Nc1cccc(Oc2cc(Cl)cc(Cl)c2)n1. The van der Waals surface area contributed by atoms with E-state index in [4.69, 9.17) is 33.7 Å². The van der Waals surface area contributed by atoms with Crippen molar-refractivity contribution < 1.29 is 4.74 Å². The third-order valence-electron chi connectivity index (χ3n) is 1.80. The summed E-state index contributed by atoms with van der Waals surface area (Å²) in [6.45, 7) is 0. The fourth-order valence-corrected chi connectivity index (χ4v) is 1.70. The topological polar surface area (TPSA) is 48.1 Å². The lowest BCUT2D eigenvalue weighted by atomic mass is 10.3. The van der Waals surface area contributed by atoms with Gasteiger partial charge in [0.15, 0.2) is 0 Å². The molecular formula is C11H8Cl2N2O. The third-order valence-corrected chi connectivity index (χ3v) is 2.24. The molecule has 0 spiro atoms. The van der Waals surface area contributed by atoms with Crippen molar-refractivity contribution in [1.82, 2.24) is 4.98 Å². The summed E-state index contributed by atoms with van der Waals surface area (Å²) in [6, 6.07) is 10.1. The molecule has 3 nitrogen and oxygen atoms in total. The maximum atomic E-state index is 5.84. The number of benzene rings is 1. The van der Waals surface area contributed by atoms with E-state index in [1.807, 2.05) is 0 Å². The second kappa shape index (κ2) is 4.60. The van der Waals surface area contributed by atoms with E-state index in [9.17, 15) is 0 Å². The highest BCUT2D eigenvalue weighted by Gasteiger charge is 2.02. The fourth-order valence-electron chi connectivity index (χ4n) is 1.20. The first-order valence-corrected chi connectivity index (χ1v) is 5.25. The van der Waals surface area contributed by atoms with Gasteiger partial charge in [0, 0.05) is 16.1 Å². The van der Waals surface area contributed by atoms with Crippen LogP contribution in [0.3, 0.4) is 0 Å². The maximum absolute atomic E-state index is 5.84. The molecule has 2 rings (SSSR count). The van der Waals surface area contributed by atoms with E-state index in [-0.39, 0.29) is 0 Å². The predicted molar refractivity (Wildman–Crippen MR) is 65.2 cm³/mol. The van der Waals surface area contributed by atoms with Crippen LogP contribution in [0.25, 0.3) is 0 Å². The Labute approximate surface area is 103 Å². The number of halogens is 2. The van der Waals surface area contributed by atoms with Gasteiger partial charge in [0.05, 0.1) is 0 Å². The average molecular weight is 255 g/mol. The van der Waals surface area contributed by atoms with E-state index < -0.39 is 0 Å². The molecule has 0 aliphatic rings. The van der Waals surface area contributed by atoms with Crippen LogP contribution in [0, 0.1) is 0 Å². The maximum Gasteiger partial charge on any atom is 0.221 e. The van der Waals surface area contributed by atoms with Gasteiger partial charge in [0.2, 0.25) is 5.88 Å². The van der Waals surface area contributed by atoms with Gasteiger partial charge in [0.25, 0.3) is 0 Å². The van der Waals surface area contributed by atoms with E-state index in [2.05, 4.69) is 4.98 Å². The van der Waals surface area contributed by atoms with Gasteiger partial charge in [-0.2, -0.15) is 4.98 Å². The molecule has 5 heteroatoms. The van der Waals surface area contributed by atoms with E-state index in [0.717, 1.165) is 0 Å². The van der Waals surface area contributed by atoms with Crippen molar-refractivity contribution in [3.8, 4) is 11.6 Å². The lowest BCUT2D eigenvalue weighted by Crippen LogP contribution is -1.92. The van der Waals surface area contributed by atoms with Crippen LogP contribution in [-0.2, 0) is 0 Å². The molecule has 16 heavy (non-hydrogen) atoms. The Hall–Kier alpha value is -1.45. The molecule has 2 aromatic rings. The highest BCUT2D eigenvalue weighted by molar-refractivity contribution is 6.34. The molecule has 0 radical (unpaired) electrons. The minimum absolute atomic E-state index is 0.394. The van der Waals surface area contributed by atoms with Crippen molar-refractivity contribution >= 4 is 29.0 Å². The first-order valence-electron chi connectivity index (χ1n) is 4.50. The van der Waals surface area contributed by atoms with Gasteiger partial charge in [-0.1, -0.05) is 29.3 Å².